The van der Waals surface area contributed by atoms with Crippen molar-refractivity contribution in [2.45, 2.75) is 0 Å². The summed E-state index contributed by atoms with van der Waals surface area (Å²) < 4.78 is 0. The number of aliphatic carboxylic acids is 1. The first kappa shape index (κ1) is 9.40. The third-order valence-electron chi connectivity index (χ3n) is 2.10. The van der Waals surface area contributed by atoms with Crippen LogP contribution in [0.15, 0.2) is 42.7 Å². The molecule has 3 nitrogen and oxygen atoms in total. The summed E-state index contributed by atoms with van der Waals surface area (Å²) in [6.45, 7) is 0. The molecule has 0 aliphatic heterocycles. The van der Waals surface area contributed by atoms with Gasteiger partial charge in [-0.3, -0.25) is 4.98 Å². The largest absolute Gasteiger partial charge is 0.478 e. The number of carboxylic acids is 1. The van der Waals surface area contributed by atoms with Crippen molar-refractivity contribution in [3.63, 3.8) is 0 Å². The maximum Gasteiger partial charge on any atom is 0.328 e. The Morgan fingerprint density at radius 3 is 2.87 bits per heavy atom. The fourth-order valence-corrected chi connectivity index (χ4v) is 1.43. The lowest BCUT2D eigenvalue weighted by Crippen LogP contribution is -1.87. The minimum Gasteiger partial charge on any atom is -0.478 e. The molecule has 0 aliphatic rings. The molecule has 0 saturated carbocycles. The average Bonchev–Trinajstić information content (AvgIpc) is 2.26. The van der Waals surface area contributed by atoms with Crippen molar-refractivity contribution in [2.24, 2.45) is 0 Å². The number of nitrogens with zero attached hydrogens (tertiary/aromatic N) is 1. The first-order valence-corrected chi connectivity index (χ1v) is 4.51. The Morgan fingerprint density at radius 1 is 1.27 bits per heavy atom. The van der Waals surface area contributed by atoms with Crippen LogP contribution in [0.25, 0.3) is 16.8 Å². The van der Waals surface area contributed by atoms with Crippen LogP contribution in [0.3, 0.4) is 0 Å². The Morgan fingerprint density at radius 2 is 2.07 bits per heavy atom. The average molecular weight is 199 g/mol. The van der Waals surface area contributed by atoms with Crippen molar-refractivity contribution in [3.8, 4) is 0 Å². The Kier molecular flexibility index (Phi) is 2.46. The lowest BCUT2D eigenvalue weighted by atomic mass is 10.1. The van der Waals surface area contributed by atoms with Crippen LogP contribution in [-0.4, -0.2) is 16.1 Å². The van der Waals surface area contributed by atoms with Gasteiger partial charge < -0.3 is 5.11 Å². The molecular weight excluding hydrogens is 190 g/mol. The predicted octanol–water partition coefficient (Wildman–Crippen LogP) is 2.33. The van der Waals surface area contributed by atoms with Crippen molar-refractivity contribution in [1.82, 2.24) is 4.98 Å². The molecule has 2 aromatic rings. The number of aromatic nitrogens is 1. The third-order valence-corrected chi connectivity index (χ3v) is 2.10. The predicted molar refractivity (Wildman–Crippen MR) is 58.4 cm³/mol. The van der Waals surface area contributed by atoms with Gasteiger partial charge in [-0.15, -0.1) is 0 Å². The highest BCUT2D eigenvalue weighted by Gasteiger charge is 1.97. The number of carboxylic acid groups (broad SMARTS) is 1. The number of benzene rings is 1. The van der Waals surface area contributed by atoms with E-state index in [1.165, 1.54) is 0 Å². The smallest absolute Gasteiger partial charge is 0.328 e. The molecule has 0 fully saturated rings. The van der Waals surface area contributed by atoms with Crippen LogP contribution >= 0.6 is 0 Å². The second kappa shape index (κ2) is 3.92. The van der Waals surface area contributed by atoms with E-state index in [-0.39, 0.29) is 0 Å². The second-order valence-electron chi connectivity index (χ2n) is 3.12. The van der Waals surface area contributed by atoms with Gasteiger partial charge >= 0.3 is 5.97 Å². The third kappa shape index (κ3) is 2.02. The van der Waals surface area contributed by atoms with Crippen LogP contribution in [0.5, 0.6) is 0 Å². The minimum absolute atomic E-state index is 0.815. The molecule has 15 heavy (non-hydrogen) atoms. The summed E-state index contributed by atoms with van der Waals surface area (Å²) in [6, 6.07) is 7.73. The Bertz CT molecular complexity index is 527. The first-order valence-electron chi connectivity index (χ1n) is 4.51. The van der Waals surface area contributed by atoms with Gasteiger partial charge in [0.1, 0.15) is 0 Å². The molecule has 1 aromatic carbocycles. The maximum atomic E-state index is 10.4. The van der Waals surface area contributed by atoms with E-state index in [0.717, 1.165) is 22.4 Å². The zero-order chi connectivity index (χ0) is 10.7. The van der Waals surface area contributed by atoms with Crippen LogP contribution in [0.4, 0.5) is 0 Å². The Labute approximate surface area is 86.7 Å². The van der Waals surface area contributed by atoms with Gasteiger partial charge in [0.2, 0.25) is 0 Å². The van der Waals surface area contributed by atoms with E-state index >= 15 is 0 Å². The molecule has 1 heterocycles. The highest BCUT2D eigenvalue weighted by molar-refractivity contribution is 5.93. The fourth-order valence-electron chi connectivity index (χ4n) is 1.43. The first-order chi connectivity index (χ1) is 7.27. The van der Waals surface area contributed by atoms with Gasteiger partial charge in [-0.25, -0.2) is 4.79 Å². The SMILES string of the molecule is O=C(O)/C=C\c1cncc2ccccc12. The van der Waals surface area contributed by atoms with Crippen molar-refractivity contribution in [1.29, 1.82) is 0 Å². The van der Waals surface area contributed by atoms with Crippen molar-refractivity contribution in [3.05, 3.63) is 48.3 Å². The van der Waals surface area contributed by atoms with Crippen LogP contribution in [0, 0.1) is 0 Å². The molecule has 0 radical (unpaired) electrons. The van der Waals surface area contributed by atoms with Crippen molar-refractivity contribution < 1.29 is 9.90 Å². The molecule has 1 N–H and O–H groups in total. The summed E-state index contributed by atoms with van der Waals surface area (Å²) in [5, 5.41) is 10.5. The van der Waals surface area contributed by atoms with Crippen LogP contribution in [-0.2, 0) is 4.79 Å². The zero-order valence-corrected chi connectivity index (χ0v) is 7.92. The molecule has 2 rings (SSSR count). The van der Waals surface area contributed by atoms with Crippen LogP contribution in [0.1, 0.15) is 5.56 Å². The normalized spacial score (nSPS) is 10.9. The van der Waals surface area contributed by atoms with Crippen molar-refractivity contribution in [2.75, 3.05) is 0 Å². The molecule has 0 amide bonds. The topological polar surface area (TPSA) is 50.2 Å². The summed E-state index contributed by atoms with van der Waals surface area (Å²) >= 11 is 0. The number of carbonyl (C=O) groups is 1. The summed E-state index contributed by atoms with van der Waals surface area (Å²) in [6.07, 6.45) is 6.08. The lowest BCUT2D eigenvalue weighted by Gasteiger charge is -1.99. The van der Waals surface area contributed by atoms with Gasteiger partial charge in [0.05, 0.1) is 0 Å². The van der Waals surface area contributed by atoms with E-state index in [9.17, 15) is 4.79 Å². The monoisotopic (exact) mass is 199 g/mol. The standard InChI is InChI=1S/C12H9NO2/c14-12(15)6-5-10-8-13-7-9-3-1-2-4-11(9)10/h1-8H,(H,14,15)/b6-5-. The van der Waals surface area contributed by atoms with E-state index in [0.29, 0.717) is 0 Å². The van der Waals surface area contributed by atoms with Gasteiger partial charge in [0.25, 0.3) is 0 Å². The maximum absolute atomic E-state index is 10.4. The van der Waals surface area contributed by atoms with Gasteiger partial charge in [0.15, 0.2) is 0 Å². The zero-order valence-electron chi connectivity index (χ0n) is 7.92. The number of hydrogen-bond acceptors (Lipinski definition) is 2. The Hall–Kier alpha value is -2.16. The number of rotatable bonds is 2. The molecule has 0 atom stereocenters. The Balaban J connectivity index is 2.56. The van der Waals surface area contributed by atoms with Gasteiger partial charge in [-0.2, -0.15) is 0 Å². The summed E-state index contributed by atoms with van der Waals surface area (Å²) in [7, 11) is 0. The number of pyridine rings is 1. The second-order valence-corrected chi connectivity index (χ2v) is 3.12. The highest BCUT2D eigenvalue weighted by Crippen LogP contribution is 2.17. The molecule has 74 valence electrons. The molecule has 0 bridgehead atoms. The van der Waals surface area contributed by atoms with Crippen LogP contribution < -0.4 is 0 Å². The van der Waals surface area contributed by atoms with Crippen LogP contribution in [0.2, 0.25) is 0 Å². The molecule has 3 heteroatoms. The molecule has 0 aliphatic carbocycles. The molecular formula is C12H9NO2. The number of hydrogen-bond donors (Lipinski definition) is 1. The molecule has 1 aromatic heterocycles. The van der Waals surface area contributed by atoms with E-state index in [4.69, 9.17) is 5.11 Å². The van der Waals surface area contributed by atoms with E-state index in [1.54, 1.807) is 18.5 Å². The lowest BCUT2D eigenvalue weighted by molar-refractivity contribution is -0.131. The number of fused-ring (bicyclic) bond motifs is 1. The van der Waals surface area contributed by atoms with Gasteiger partial charge in [0, 0.05) is 29.4 Å². The van der Waals surface area contributed by atoms with Gasteiger partial charge in [-0.1, -0.05) is 24.3 Å². The van der Waals surface area contributed by atoms with E-state index in [1.807, 2.05) is 24.3 Å². The summed E-state index contributed by atoms with van der Waals surface area (Å²) in [5.41, 5.74) is 0.815. The molecule has 0 spiro atoms. The van der Waals surface area contributed by atoms with E-state index in [2.05, 4.69) is 4.98 Å². The minimum atomic E-state index is -0.956. The van der Waals surface area contributed by atoms with Crippen molar-refractivity contribution >= 4 is 22.8 Å². The molecule has 0 saturated heterocycles. The summed E-state index contributed by atoms with van der Waals surface area (Å²) in [5.74, 6) is -0.956. The van der Waals surface area contributed by atoms with E-state index < -0.39 is 5.97 Å². The summed E-state index contributed by atoms with van der Waals surface area (Å²) in [4.78, 5) is 14.4. The highest BCUT2D eigenvalue weighted by atomic mass is 16.4. The quantitative estimate of drug-likeness (QED) is 0.755. The molecule has 0 unspecified atom stereocenters. The fraction of sp³-hybridized carbons (Fsp3) is 0. The van der Waals surface area contributed by atoms with Gasteiger partial charge in [-0.05, 0) is 11.5 Å².